The molecule has 0 aliphatic carbocycles. The number of nitrogens with zero attached hydrogens (tertiary/aromatic N) is 2. The van der Waals surface area contributed by atoms with E-state index in [1.54, 1.807) is 24.3 Å². The Labute approximate surface area is 655 Å². The van der Waals surface area contributed by atoms with Gasteiger partial charge in [-0.05, 0) is 238 Å². The van der Waals surface area contributed by atoms with Crippen molar-refractivity contribution in [3.8, 4) is 46.0 Å². The first-order chi connectivity index (χ1) is 50.1. The number of imide groups is 2. The highest BCUT2D eigenvalue weighted by molar-refractivity contribution is 9.10. The zero-order chi connectivity index (χ0) is 78.6. The van der Waals surface area contributed by atoms with Gasteiger partial charge in [0.25, 0.3) is 23.6 Å². The Kier molecular flexibility index (Phi) is 19.4. The van der Waals surface area contributed by atoms with Crippen LogP contribution in [0.4, 0.5) is 11.4 Å². The number of benzene rings is 11. The van der Waals surface area contributed by atoms with E-state index in [2.05, 4.69) is 219 Å². The Bertz CT molecular complexity index is 4830. The Morgan fingerprint density at radius 2 is 0.454 bits per heavy atom. The van der Waals surface area contributed by atoms with Crippen LogP contribution >= 0.6 is 31.9 Å². The second-order valence-electron chi connectivity index (χ2n) is 38.3. The number of amides is 4. The molecule has 0 saturated carbocycles. The van der Waals surface area contributed by atoms with E-state index in [9.17, 15) is 0 Å². The molecule has 2 heterocycles. The lowest BCUT2D eigenvalue weighted by Gasteiger charge is -2.34. The van der Waals surface area contributed by atoms with Crippen LogP contribution < -0.4 is 28.7 Å². The number of hydrogen-bond donors (Lipinski definition) is 0. The molecule has 11 aromatic rings. The van der Waals surface area contributed by atoms with Crippen LogP contribution in [0.1, 0.15) is 250 Å². The number of fused-ring (bicyclic) bond motifs is 2. The van der Waals surface area contributed by atoms with Gasteiger partial charge in [0.05, 0.1) is 33.6 Å². The minimum Gasteiger partial charge on any atom is -0.457 e. The molecule has 560 valence electrons. The molecule has 2 aliphatic heterocycles. The summed E-state index contributed by atoms with van der Waals surface area (Å²) in [6.45, 7) is 52.7. The third-order valence-electron chi connectivity index (χ3n) is 21.6. The van der Waals surface area contributed by atoms with E-state index in [0.717, 1.165) is 56.9 Å². The lowest BCUT2D eigenvalue weighted by Crippen LogP contribution is -2.41. The van der Waals surface area contributed by atoms with Crippen molar-refractivity contribution in [2.24, 2.45) is 21.7 Å². The number of halogens is 2. The number of rotatable bonds is 18. The van der Waals surface area contributed by atoms with Crippen molar-refractivity contribution in [2.45, 2.75) is 214 Å². The number of aryl methyl sites for hydroxylation is 4. The van der Waals surface area contributed by atoms with Crippen molar-refractivity contribution in [3.05, 3.63) is 221 Å². The smallest absolute Gasteiger partial charge is 0.266 e. The molecule has 0 N–H and O–H groups in total. The summed E-state index contributed by atoms with van der Waals surface area (Å²) < 4.78 is 31.8. The molecular formula is C96H104Br2N2O8. The molecule has 0 saturated heterocycles. The van der Waals surface area contributed by atoms with Gasteiger partial charge in [-0.3, -0.25) is 19.2 Å². The largest absolute Gasteiger partial charge is 0.457 e. The van der Waals surface area contributed by atoms with Crippen LogP contribution in [0, 0.1) is 49.4 Å². The van der Waals surface area contributed by atoms with Gasteiger partial charge >= 0.3 is 0 Å². The first-order valence-corrected chi connectivity index (χ1v) is 39.5. The summed E-state index contributed by atoms with van der Waals surface area (Å²) in [6.07, 6.45) is 3.64. The first kappa shape index (κ1) is 77.3. The normalized spacial score (nSPS) is 14.2. The SMILES string of the molecule is Cc1cc(Br)cc(C)c1N1C(=O)c2cc(Oc3ccc(C(C)(C)CC(C)(C)C)cc3)c3c4c(Oc5ccc(C(C)(C)CC(C)(C)C)cc5)cc5c6c(cc(Oc7ccc(C(C)(C)CC(C)(C)C)cc7)c(c7c(Oc8ccc(C(C)(C)CC(C)(C)C)cc8)cc(c2c37)C1=O)c64)C(=O)N(c1c(C)cc(Br)cc1C)C5=O. The molecule has 108 heavy (non-hydrogen) atoms. The Balaban J connectivity index is 1.22. The molecule has 0 aromatic heterocycles. The van der Waals surface area contributed by atoms with Gasteiger partial charge in [0.15, 0.2) is 0 Å². The van der Waals surface area contributed by atoms with Crippen LogP contribution in [0.3, 0.4) is 0 Å². The molecule has 12 heteroatoms. The molecule has 13 rings (SSSR count). The summed E-state index contributed by atoms with van der Waals surface area (Å²) in [5.41, 5.74) is 8.22. The highest BCUT2D eigenvalue weighted by atomic mass is 79.9. The monoisotopic (exact) mass is 1570 g/mol. The van der Waals surface area contributed by atoms with Gasteiger partial charge < -0.3 is 18.9 Å². The lowest BCUT2D eigenvalue weighted by molar-refractivity contribution is 0.0877. The third-order valence-corrected chi connectivity index (χ3v) is 22.5. The first-order valence-electron chi connectivity index (χ1n) is 37.9. The van der Waals surface area contributed by atoms with Gasteiger partial charge in [-0.2, -0.15) is 0 Å². The van der Waals surface area contributed by atoms with Crippen molar-refractivity contribution in [2.75, 3.05) is 9.80 Å². The van der Waals surface area contributed by atoms with E-state index >= 15 is 19.2 Å². The molecule has 11 aromatic carbocycles. The minimum atomic E-state index is -0.562. The zero-order valence-electron chi connectivity index (χ0n) is 67.6. The Hall–Kier alpha value is -8.84. The Morgan fingerprint density at radius 3 is 0.630 bits per heavy atom. The maximum Gasteiger partial charge on any atom is 0.266 e. The van der Waals surface area contributed by atoms with Crippen LogP contribution in [0.2, 0.25) is 0 Å². The van der Waals surface area contributed by atoms with Crippen molar-refractivity contribution in [1.29, 1.82) is 0 Å². The van der Waals surface area contributed by atoms with Crippen molar-refractivity contribution in [1.82, 2.24) is 0 Å². The molecule has 0 bridgehead atoms. The quantitative estimate of drug-likeness (QED) is 0.0474. The van der Waals surface area contributed by atoms with Crippen LogP contribution in [-0.4, -0.2) is 23.6 Å². The standard InChI is InChI=1S/C96H104Br2N2O8/c1-53-41-61(97)42-54(2)83(53)99-85(101)67-45-71(105-63-33-25-57(26-34-63)93(17,18)49-89(5,6)7)77-79-73(107-65-37-29-59(30-38-65)95(21,22)51-91(11,12)13)47-69-76-70(88(104)100(87(69)103)84-55(3)43-62(98)44-56(84)4)48-74(108-66-39-31-60(32-40-66)96(23,24)52-92(14,15)16)80(82(76)79)78-72(46-68(86(99)102)75(67)81(77)78)106-64-35-27-58(28-36-64)94(19,20)50-90(8,9)10/h25-48H,49-52H2,1-24H3. The van der Waals surface area contributed by atoms with Crippen LogP contribution in [-0.2, 0) is 21.7 Å². The van der Waals surface area contributed by atoms with Crippen molar-refractivity contribution < 1.29 is 38.1 Å². The van der Waals surface area contributed by atoms with Gasteiger partial charge in [0.2, 0.25) is 0 Å². The second kappa shape index (κ2) is 27.0. The van der Waals surface area contributed by atoms with Gasteiger partial charge in [-0.25, -0.2) is 9.80 Å². The number of carbonyl (C=O) groups is 4. The molecular weight excluding hydrogens is 1470 g/mol. The average Bonchev–Trinajstić information content (AvgIpc) is 0.669. The number of hydrogen-bond acceptors (Lipinski definition) is 8. The Morgan fingerprint density at radius 1 is 0.269 bits per heavy atom. The predicted octanol–water partition coefficient (Wildman–Crippen LogP) is 28.1. The summed E-state index contributed by atoms with van der Waals surface area (Å²) >= 11 is 7.40. The second-order valence-corrected chi connectivity index (χ2v) is 40.2. The van der Waals surface area contributed by atoms with Gasteiger partial charge in [-0.1, -0.05) is 219 Å². The molecule has 0 spiro atoms. The topological polar surface area (TPSA) is 112 Å². The van der Waals surface area contributed by atoms with E-state index in [0.29, 0.717) is 99.7 Å². The number of ether oxygens (including phenoxy) is 4. The minimum absolute atomic E-state index is 0.0275. The van der Waals surface area contributed by atoms with E-state index < -0.39 is 23.6 Å². The van der Waals surface area contributed by atoms with E-state index in [1.165, 1.54) is 9.80 Å². The summed E-state index contributed by atoms with van der Waals surface area (Å²) in [5, 5.41) is 3.31. The highest BCUT2D eigenvalue weighted by Gasteiger charge is 2.44. The fraction of sp³-hybridized carbons (Fsp3) is 0.375. The lowest BCUT2D eigenvalue weighted by atomic mass is 9.72. The van der Waals surface area contributed by atoms with E-state index in [1.807, 2.05) is 100 Å². The molecule has 0 radical (unpaired) electrons. The molecule has 4 amide bonds. The summed E-state index contributed by atoms with van der Waals surface area (Å²) in [6, 6.07) is 47.3. The van der Waals surface area contributed by atoms with Crippen LogP contribution in [0.5, 0.6) is 46.0 Å². The maximum atomic E-state index is 16.5. The highest BCUT2D eigenvalue weighted by Crippen LogP contribution is 2.59. The summed E-state index contributed by atoms with van der Waals surface area (Å²) in [7, 11) is 0. The predicted molar refractivity (Wildman–Crippen MR) is 452 cm³/mol. The molecule has 0 unspecified atom stereocenters. The van der Waals surface area contributed by atoms with E-state index in [4.69, 9.17) is 18.9 Å². The maximum absolute atomic E-state index is 16.5. The van der Waals surface area contributed by atoms with Crippen molar-refractivity contribution in [3.63, 3.8) is 0 Å². The molecule has 2 aliphatic rings. The third kappa shape index (κ3) is 14.7. The van der Waals surface area contributed by atoms with E-state index in [-0.39, 0.29) is 88.6 Å². The van der Waals surface area contributed by atoms with Crippen molar-refractivity contribution >= 4 is 110 Å². The average molecular weight is 1570 g/mol. The fourth-order valence-electron chi connectivity index (χ4n) is 18.9. The van der Waals surface area contributed by atoms with Gasteiger partial charge in [0, 0.05) is 52.0 Å². The van der Waals surface area contributed by atoms with Gasteiger partial charge in [-0.15, -0.1) is 0 Å². The van der Waals surface area contributed by atoms with Crippen LogP contribution in [0.25, 0.3) is 43.1 Å². The number of anilines is 2. The molecule has 0 atom stereocenters. The zero-order valence-corrected chi connectivity index (χ0v) is 70.8. The van der Waals surface area contributed by atoms with Gasteiger partial charge in [0.1, 0.15) is 46.0 Å². The number of carbonyl (C=O) groups excluding carboxylic acids is 4. The molecule has 0 fully saturated rings. The summed E-state index contributed by atoms with van der Waals surface area (Å²) in [5.74, 6) is 0.583. The van der Waals surface area contributed by atoms with Crippen LogP contribution in [0.15, 0.2) is 155 Å². The summed E-state index contributed by atoms with van der Waals surface area (Å²) in [4.78, 5) is 68.5. The fourth-order valence-corrected chi connectivity index (χ4v) is 20.2. The molecule has 10 nitrogen and oxygen atoms in total.